The zero-order valence-corrected chi connectivity index (χ0v) is 19.9. The molecule has 0 aliphatic carbocycles. The highest BCUT2D eigenvalue weighted by Crippen LogP contribution is 2.17. The summed E-state index contributed by atoms with van der Waals surface area (Å²) in [5.74, 6) is -0.816. The molecule has 0 saturated heterocycles. The first-order valence-corrected chi connectivity index (χ1v) is 11.4. The van der Waals surface area contributed by atoms with E-state index in [4.69, 9.17) is 0 Å². The molecule has 0 aromatic heterocycles. The van der Waals surface area contributed by atoms with Gasteiger partial charge in [-0.2, -0.15) is 0 Å². The van der Waals surface area contributed by atoms with E-state index in [1.54, 1.807) is 84.9 Å². The van der Waals surface area contributed by atoms with Crippen molar-refractivity contribution < 1.29 is 24.0 Å². The van der Waals surface area contributed by atoms with Crippen LogP contribution in [0.15, 0.2) is 97.1 Å². The van der Waals surface area contributed by atoms with Crippen molar-refractivity contribution in [1.82, 2.24) is 0 Å². The van der Waals surface area contributed by atoms with Crippen LogP contribution in [0.4, 0.5) is 27.5 Å². The summed E-state index contributed by atoms with van der Waals surface area (Å²) in [4.78, 5) is 59.7. The lowest BCUT2D eigenvalue weighted by molar-refractivity contribution is 0.101. The Balaban J connectivity index is 1.38. The number of benzene rings is 4. The molecule has 0 aliphatic heterocycles. The monoisotopic (exact) mass is 506 g/mol. The van der Waals surface area contributed by atoms with E-state index in [0.29, 0.717) is 57.6 Å². The van der Waals surface area contributed by atoms with Gasteiger partial charge in [-0.1, -0.05) is 36.4 Å². The number of carbonyl (C=O) groups excluding carboxylic acids is 5. The van der Waals surface area contributed by atoms with Crippen molar-refractivity contribution in [1.29, 1.82) is 0 Å². The van der Waals surface area contributed by atoms with Gasteiger partial charge < -0.3 is 21.3 Å². The van der Waals surface area contributed by atoms with Crippen molar-refractivity contribution >= 4 is 53.2 Å². The Hall–Kier alpha value is -5.57. The average molecular weight is 507 g/mol. The molecule has 4 aromatic carbocycles. The van der Waals surface area contributed by atoms with Gasteiger partial charge in [-0.25, -0.2) is 4.79 Å². The quantitative estimate of drug-likeness (QED) is 0.236. The molecule has 4 aromatic rings. The fourth-order valence-electron chi connectivity index (χ4n) is 3.56. The number of amides is 4. The molecule has 0 fully saturated rings. The van der Waals surface area contributed by atoms with Crippen molar-refractivity contribution in [3.8, 4) is 0 Å². The Morgan fingerprint density at radius 3 is 1.24 bits per heavy atom. The molecule has 9 heteroatoms. The lowest BCUT2D eigenvalue weighted by Crippen LogP contribution is -2.20. The highest BCUT2D eigenvalue weighted by Gasteiger charge is 2.11. The van der Waals surface area contributed by atoms with Crippen LogP contribution in [0.3, 0.4) is 0 Å². The summed E-state index contributed by atoms with van der Waals surface area (Å²) in [5.41, 5.74) is 3.16. The van der Waals surface area contributed by atoms with Gasteiger partial charge in [0.2, 0.25) is 0 Å². The maximum Gasteiger partial charge on any atom is 0.323 e. The third-order valence-electron chi connectivity index (χ3n) is 5.33. The van der Waals surface area contributed by atoms with Gasteiger partial charge in [0.15, 0.2) is 0 Å². The van der Waals surface area contributed by atoms with E-state index in [0.717, 1.165) is 0 Å². The molecule has 0 spiro atoms. The number of anilines is 4. The normalized spacial score (nSPS) is 10.1. The van der Waals surface area contributed by atoms with Crippen LogP contribution in [0.1, 0.15) is 41.4 Å². The predicted molar refractivity (Wildman–Crippen MR) is 145 cm³/mol. The number of carbonyl (C=O) groups is 5. The molecular formula is C29H22N4O5. The SMILES string of the molecule is O=Cc1cccc(NC(=O)c2cccc(NC(=O)Nc3cccc(C(=O)Nc4cccc(C=O)c4)c3)c2)c1. The van der Waals surface area contributed by atoms with Crippen molar-refractivity contribution in [3.63, 3.8) is 0 Å². The number of hydrogen-bond donors (Lipinski definition) is 4. The fraction of sp³-hybridized carbons (Fsp3) is 0. The number of urea groups is 1. The van der Waals surface area contributed by atoms with Crippen LogP contribution in [-0.4, -0.2) is 30.4 Å². The summed E-state index contributed by atoms with van der Waals surface area (Å²) in [6.45, 7) is 0. The minimum Gasteiger partial charge on any atom is -0.322 e. The number of rotatable bonds is 8. The van der Waals surface area contributed by atoms with Crippen LogP contribution in [0.25, 0.3) is 0 Å². The maximum atomic E-state index is 12.6. The molecule has 0 aliphatic rings. The van der Waals surface area contributed by atoms with Crippen molar-refractivity contribution in [2.75, 3.05) is 21.3 Å². The zero-order chi connectivity index (χ0) is 26.9. The van der Waals surface area contributed by atoms with Gasteiger partial charge in [0.1, 0.15) is 12.6 Å². The molecule has 0 radical (unpaired) electrons. The second-order valence-corrected chi connectivity index (χ2v) is 8.14. The summed E-state index contributed by atoms with van der Waals surface area (Å²) in [5, 5.41) is 10.7. The van der Waals surface area contributed by atoms with Crippen molar-refractivity contribution in [3.05, 3.63) is 119 Å². The minimum atomic E-state index is -0.572. The van der Waals surface area contributed by atoms with Gasteiger partial charge in [-0.3, -0.25) is 19.2 Å². The molecular weight excluding hydrogens is 484 g/mol. The van der Waals surface area contributed by atoms with E-state index < -0.39 is 17.8 Å². The van der Waals surface area contributed by atoms with Crippen LogP contribution in [0.5, 0.6) is 0 Å². The molecule has 9 nitrogen and oxygen atoms in total. The highest BCUT2D eigenvalue weighted by atomic mass is 16.2. The smallest absolute Gasteiger partial charge is 0.322 e. The van der Waals surface area contributed by atoms with Crippen LogP contribution in [0.2, 0.25) is 0 Å². The Bertz CT molecular complexity index is 1420. The van der Waals surface area contributed by atoms with E-state index in [2.05, 4.69) is 21.3 Å². The van der Waals surface area contributed by atoms with Crippen LogP contribution in [-0.2, 0) is 0 Å². The van der Waals surface area contributed by atoms with Crippen molar-refractivity contribution in [2.24, 2.45) is 0 Å². The Morgan fingerprint density at radius 2 is 0.842 bits per heavy atom. The third-order valence-corrected chi connectivity index (χ3v) is 5.33. The molecule has 188 valence electrons. The first kappa shape index (κ1) is 25.5. The van der Waals surface area contributed by atoms with E-state index in [1.807, 2.05) is 0 Å². The zero-order valence-electron chi connectivity index (χ0n) is 19.9. The van der Waals surface area contributed by atoms with E-state index in [9.17, 15) is 24.0 Å². The summed E-state index contributed by atoms with van der Waals surface area (Å²) >= 11 is 0. The van der Waals surface area contributed by atoms with Crippen LogP contribution in [0, 0.1) is 0 Å². The summed E-state index contributed by atoms with van der Waals surface area (Å²) < 4.78 is 0. The molecule has 4 N–H and O–H groups in total. The van der Waals surface area contributed by atoms with Crippen LogP contribution >= 0.6 is 0 Å². The Labute approximate surface area is 217 Å². The van der Waals surface area contributed by atoms with Gasteiger partial charge >= 0.3 is 6.03 Å². The first-order valence-electron chi connectivity index (χ1n) is 11.4. The van der Waals surface area contributed by atoms with E-state index in [-0.39, 0.29) is 0 Å². The van der Waals surface area contributed by atoms with Gasteiger partial charge in [-0.15, -0.1) is 0 Å². The highest BCUT2D eigenvalue weighted by molar-refractivity contribution is 6.07. The molecule has 38 heavy (non-hydrogen) atoms. The Morgan fingerprint density at radius 1 is 0.474 bits per heavy atom. The minimum absolute atomic E-state index is 0.302. The second-order valence-electron chi connectivity index (χ2n) is 8.14. The predicted octanol–water partition coefficient (Wildman–Crippen LogP) is 5.46. The average Bonchev–Trinajstić information content (AvgIpc) is 2.93. The summed E-state index contributed by atoms with van der Waals surface area (Å²) in [6, 6.07) is 25.1. The largest absolute Gasteiger partial charge is 0.323 e. The molecule has 0 saturated carbocycles. The Kier molecular flexibility index (Phi) is 8.00. The molecule has 0 heterocycles. The molecule has 4 rings (SSSR count). The molecule has 4 amide bonds. The lowest BCUT2D eigenvalue weighted by Gasteiger charge is -2.11. The lowest BCUT2D eigenvalue weighted by atomic mass is 10.1. The molecule has 0 bridgehead atoms. The van der Waals surface area contributed by atoms with Gasteiger partial charge in [0, 0.05) is 45.0 Å². The summed E-state index contributed by atoms with van der Waals surface area (Å²) in [6.07, 6.45) is 1.38. The third kappa shape index (κ3) is 6.76. The maximum absolute atomic E-state index is 12.6. The van der Waals surface area contributed by atoms with E-state index >= 15 is 0 Å². The summed E-state index contributed by atoms with van der Waals surface area (Å²) in [7, 11) is 0. The number of aldehydes is 2. The van der Waals surface area contributed by atoms with Crippen molar-refractivity contribution in [2.45, 2.75) is 0 Å². The number of nitrogens with one attached hydrogen (secondary N) is 4. The topological polar surface area (TPSA) is 133 Å². The second kappa shape index (κ2) is 11.9. The van der Waals surface area contributed by atoms with Gasteiger partial charge in [0.05, 0.1) is 0 Å². The number of hydrogen-bond acceptors (Lipinski definition) is 5. The first-order chi connectivity index (χ1) is 18.4. The van der Waals surface area contributed by atoms with Gasteiger partial charge in [0.25, 0.3) is 11.8 Å². The van der Waals surface area contributed by atoms with Crippen LogP contribution < -0.4 is 21.3 Å². The van der Waals surface area contributed by atoms with E-state index in [1.165, 1.54) is 12.1 Å². The fourth-order valence-corrected chi connectivity index (χ4v) is 3.56. The van der Waals surface area contributed by atoms with Gasteiger partial charge in [-0.05, 0) is 60.7 Å². The standard InChI is InChI=1S/C29H22N4O5/c34-17-19-5-1-9-23(13-19)30-27(36)21-7-3-11-25(15-21)32-29(38)33-26-12-4-8-22(16-26)28(37)31-24-10-2-6-20(14-24)18-35/h1-18H,(H,30,36)(H,31,37)(H2,32,33,38). The molecule has 0 unspecified atom stereocenters. The molecule has 0 atom stereocenters.